The van der Waals surface area contributed by atoms with Crippen molar-refractivity contribution < 1.29 is 14.0 Å². The lowest BCUT2D eigenvalue weighted by Gasteiger charge is -2.08. The molecule has 0 aliphatic heterocycles. The number of amides is 2. The van der Waals surface area contributed by atoms with Gasteiger partial charge in [-0.25, -0.2) is 9.49 Å². The van der Waals surface area contributed by atoms with Crippen LogP contribution >= 0.6 is 0 Å². The van der Waals surface area contributed by atoms with Crippen molar-refractivity contribution in [2.75, 3.05) is 0 Å². The molecule has 1 aromatic heterocycles. The van der Waals surface area contributed by atoms with Gasteiger partial charge in [-0.2, -0.15) is 5.10 Å². The first-order valence-electron chi connectivity index (χ1n) is 7.36. The smallest absolute Gasteiger partial charge is 0.272 e. The van der Waals surface area contributed by atoms with Crippen molar-refractivity contribution in [1.82, 2.24) is 21.0 Å². The maximum Gasteiger partial charge on any atom is 0.272 e. The van der Waals surface area contributed by atoms with E-state index >= 15 is 0 Å². The summed E-state index contributed by atoms with van der Waals surface area (Å²) in [4.78, 5) is 35.6. The van der Waals surface area contributed by atoms with Crippen LogP contribution in [0.15, 0.2) is 53.3 Å². The van der Waals surface area contributed by atoms with E-state index < -0.39 is 17.6 Å². The molecule has 0 aliphatic carbocycles. The van der Waals surface area contributed by atoms with Gasteiger partial charge in [0.05, 0.1) is 23.1 Å². The molecule has 3 rings (SSSR count). The number of hydrogen-bond donors (Lipinski definition) is 3. The second-order valence-electron chi connectivity index (χ2n) is 5.20. The number of rotatable bonds is 3. The first-order chi connectivity index (χ1) is 12.1. The number of carbonyl (C=O) groups excluding carboxylic acids is 2. The molecule has 8 heteroatoms. The summed E-state index contributed by atoms with van der Waals surface area (Å²) < 4.78 is 13.5. The molecule has 0 atom stereocenters. The van der Waals surface area contributed by atoms with Crippen LogP contribution < -0.4 is 16.4 Å². The van der Waals surface area contributed by atoms with Crippen molar-refractivity contribution in [3.63, 3.8) is 0 Å². The topological polar surface area (TPSA) is 104 Å². The van der Waals surface area contributed by atoms with Crippen LogP contribution in [0.2, 0.25) is 0 Å². The molecule has 0 bridgehead atoms. The molecular formula is C17H13FN4O3. The summed E-state index contributed by atoms with van der Waals surface area (Å²) >= 11 is 0. The van der Waals surface area contributed by atoms with Crippen molar-refractivity contribution in [2.24, 2.45) is 0 Å². The van der Waals surface area contributed by atoms with Crippen molar-refractivity contribution in [3.05, 3.63) is 76.0 Å². The van der Waals surface area contributed by atoms with Gasteiger partial charge in [-0.15, -0.1) is 0 Å². The molecule has 126 valence electrons. The second-order valence-corrected chi connectivity index (χ2v) is 5.20. The molecule has 2 aromatic carbocycles. The van der Waals surface area contributed by atoms with Crippen LogP contribution in [0, 0.1) is 5.82 Å². The maximum atomic E-state index is 13.5. The van der Waals surface area contributed by atoms with E-state index in [2.05, 4.69) is 21.0 Å². The largest absolute Gasteiger partial charge is 0.273 e. The molecule has 2 amide bonds. The van der Waals surface area contributed by atoms with Gasteiger partial charge < -0.3 is 0 Å². The van der Waals surface area contributed by atoms with Gasteiger partial charge in [0.2, 0.25) is 5.91 Å². The van der Waals surface area contributed by atoms with Crippen molar-refractivity contribution >= 4 is 22.6 Å². The number of benzene rings is 2. The Morgan fingerprint density at radius 1 is 1.00 bits per heavy atom. The second kappa shape index (κ2) is 6.91. The zero-order chi connectivity index (χ0) is 17.8. The average Bonchev–Trinajstić information content (AvgIpc) is 2.63. The van der Waals surface area contributed by atoms with Gasteiger partial charge in [0.1, 0.15) is 5.82 Å². The number of nitrogens with one attached hydrogen (secondary N) is 3. The van der Waals surface area contributed by atoms with E-state index in [1.165, 1.54) is 18.2 Å². The molecule has 3 N–H and O–H groups in total. The van der Waals surface area contributed by atoms with Gasteiger partial charge in [-0.05, 0) is 18.2 Å². The summed E-state index contributed by atoms with van der Waals surface area (Å²) in [5.41, 5.74) is 4.16. The molecular weight excluding hydrogens is 327 g/mol. The highest BCUT2D eigenvalue weighted by molar-refractivity contribution is 5.96. The van der Waals surface area contributed by atoms with Crippen LogP contribution in [0.3, 0.4) is 0 Å². The number of aromatic nitrogens is 2. The first kappa shape index (κ1) is 16.3. The lowest BCUT2D eigenvalue weighted by molar-refractivity contribution is -0.121. The molecule has 0 aliphatic rings. The van der Waals surface area contributed by atoms with Crippen LogP contribution in [-0.2, 0) is 11.2 Å². The Labute approximate surface area is 140 Å². The van der Waals surface area contributed by atoms with E-state index in [9.17, 15) is 18.8 Å². The number of nitrogens with zero attached hydrogens (tertiary/aromatic N) is 1. The lowest BCUT2D eigenvalue weighted by atomic mass is 10.1. The Morgan fingerprint density at radius 3 is 2.44 bits per heavy atom. The number of H-pyrrole nitrogens is 1. The summed E-state index contributed by atoms with van der Waals surface area (Å²) in [5.74, 6) is -2.03. The fourth-order valence-corrected chi connectivity index (χ4v) is 2.34. The van der Waals surface area contributed by atoms with E-state index in [1.807, 2.05) is 0 Å². The molecule has 0 spiro atoms. The Morgan fingerprint density at radius 2 is 1.68 bits per heavy atom. The number of fused-ring (bicyclic) bond motifs is 1. The highest BCUT2D eigenvalue weighted by atomic mass is 19.1. The number of hydrazine groups is 1. The summed E-state index contributed by atoms with van der Waals surface area (Å²) in [6.07, 6.45) is -0.172. The zero-order valence-corrected chi connectivity index (χ0v) is 12.9. The third-order valence-corrected chi connectivity index (χ3v) is 3.54. The predicted molar refractivity (Wildman–Crippen MR) is 88.1 cm³/mol. The fourth-order valence-electron chi connectivity index (χ4n) is 2.34. The number of carbonyl (C=O) groups is 2. The van der Waals surface area contributed by atoms with E-state index in [-0.39, 0.29) is 17.5 Å². The predicted octanol–water partition coefficient (Wildman–Crippen LogP) is 1.07. The molecule has 0 saturated carbocycles. The van der Waals surface area contributed by atoms with Crippen LogP contribution in [0.25, 0.3) is 10.8 Å². The highest BCUT2D eigenvalue weighted by Crippen LogP contribution is 2.12. The van der Waals surface area contributed by atoms with Gasteiger partial charge >= 0.3 is 0 Å². The molecule has 0 unspecified atom stereocenters. The molecule has 1 heterocycles. The Balaban J connectivity index is 1.70. The van der Waals surface area contributed by atoms with E-state index in [1.54, 1.807) is 24.3 Å². The highest BCUT2D eigenvalue weighted by Gasteiger charge is 2.14. The summed E-state index contributed by atoms with van der Waals surface area (Å²) in [5, 5.41) is 7.15. The number of halogens is 1. The average molecular weight is 340 g/mol. The number of hydrogen-bond acceptors (Lipinski definition) is 4. The van der Waals surface area contributed by atoms with Crippen LogP contribution in [-0.4, -0.2) is 22.0 Å². The monoisotopic (exact) mass is 340 g/mol. The Bertz CT molecular complexity index is 1020. The van der Waals surface area contributed by atoms with Crippen LogP contribution in [0.4, 0.5) is 4.39 Å². The Hall–Kier alpha value is -3.55. The minimum Gasteiger partial charge on any atom is -0.273 e. The minimum absolute atomic E-state index is 0.172. The zero-order valence-electron chi connectivity index (χ0n) is 12.9. The van der Waals surface area contributed by atoms with Gasteiger partial charge in [0.15, 0.2) is 0 Å². The van der Waals surface area contributed by atoms with Gasteiger partial charge in [0.25, 0.3) is 11.5 Å². The summed E-state index contributed by atoms with van der Waals surface area (Å²) in [6.45, 7) is 0. The van der Waals surface area contributed by atoms with Crippen molar-refractivity contribution in [1.29, 1.82) is 0 Å². The SMILES string of the molecule is O=C(Cc1n[nH]c(=O)c2ccccc12)NNC(=O)c1ccccc1F. The third kappa shape index (κ3) is 3.52. The van der Waals surface area contributed by atoms with Crippen LogP contribution in [0.5, 0.6) is 0 Å². The van der Waals surface area contributed by atoms with E-state index in [4.69, 9.17) is 0 Å². The van der Waals surface area contributed by atoms with E-state index in [0.29, 0.717) is 16.5 Å². The molecule has 0 saturated heterocycles. The van der Waals surface area contributed by atoms with E-state index in [0.717, 1.165) is 6.07 Å². The maximum absolute atomic E-state index is 13.5. The van der Waals surface area contributed by atoms with Crippen molar-refractivity contribution in [3.8, 4) is 0 Å². The minimum atomic E-state index is -0.772. The molecule has 7 nitrogen and oxygen atoms in total. The standard InChI is InChI=1S/C17H13FN4O3/c18-13-8-4-3-7-12(13)17(25)22-20-15(23)9-14-10-5-1-2-6-11(10)16(24)21-19-14/h1-8H,9H2,(H,20,23)(H,21,24)(H,22,25). The van der Waals surface area contributed by atoms with Gasteiger partial charge in [0, 0.05) is 5.39 Å². The first-order valence-corrected chi connectivity index (χ1v) is 7.36. The van der Waals surface area contributed by atoms with Gasteiger partial charge in [-0.1, -0.05) is 30.3 Å². The molecule has 0 radical (unpaired) electrons. The Kier molecular flexibility index (Phi) is 4.51. The van der Waals surface area contributed by atoms with Crippen molar-refractivity contribution in [2.45, 2.75) is 6.42 Å². The lowest BCUT2D eigenvalue weighted by Crippen LogP contribution is -2.42. The normalized spacial score (nSPS) is 10.4. The molecule has 25 heavy (non-hydrogen) atoms. The molecule has 3 aromatic rings. The summed E-state index contributed by atoms with van der Waals surface area (Å²) in [6, 6.07) is 12.1. The number of aromatic amines is 1. The summed E-state index contributed by atoms with van der Waals surface area (Å²) in [7, 11) is 0. The third-order valence-electron chi connectivity index (χ3n) is 3.54. The van der Waals surface area contributed by atoms with Crippen LogP contribution in [0.1, 0.15) is 16.1 Å². The molecule has 0 fully saturated rings. The fraction of sp³-hybridized carbons (Fsp3) is 0.0588. The quantitative estimate of drug-likeness (QED) is 0.620. The van der Waals surface area contributed by atoms with Gasteiger partial charge in [-0.3, -0.25) is 25.2 Å².